The third-order valence-electron chi connectivity index (χ3n) is 3.90. The topological polar surface area (TPSA) is 58.6 Å². The molecule has 2 rings (SSSR count). The molecule has 5 heteroatoms. The highest BCUT2D eigenvalue weighted by Gasteiger charge is 2.44. The van der Waals surface area contributed by atoms with Gasteiger partial charge < -0.3 is 10.1 Å². The molecule has 5 nitrogen and oxygen atoms in total. The molecule has 0 aromatic heterocycles. The van der Waals surface area contributed by atoms with Gasteiger partial charge in [-0.25, -0.2) is 0 Å². The Balaban J connectivity index is 1.79. The van der Waals surface area contributed by atoms with E-state index in [0.717, 1.165) is 19.6 Å². The van der Waals surface area contributed by atoms with Crippen molar-refractivity contribution in [3.8, 4) is 0 Å². The zero-order valence-electron chi connectivity index (χ0n) is 10.5. The lowest BCUT2D eigenvalue weighted by atomic mass is 10.0. The molecule has 1 aliphatic heterocycles. The van der Waals surface area contributed by atoms with Gasteiger partial charge in [0, 0.05) is 27.3 Å². The van der Waals surface area contributed by atoms with Gasteiger partial charge in [-0.3, -0.25) is 14.5 Å². The summed E-state index contributed by atoms with van der Waals surface area (Å²) in [5.74, 6) is -0.188. The van der Waals surface area contributed by atoms with Crippen LogP contribution in [0.2, 0.25) is 0 Å². The zero-order valence-corrected chi connectivity index (χ0v) is 10.5. The maximum atomic E-state index is 11.7. The summed E-state index contributed by atoms with van der Waals surface area (Å²) in [7, 11) is 3.25. The number of carbonyl (C=O) groups is 2. The van der Waals surface area contributed by atoms with Crippen LogP contribution in [-0.2, 0) is 14.3 Å². The molecule has 0 aromatic carbocycles. The van der Waals surface area contributed by atoms with Crippen LogP contribution in [0.5, 0.6) is 0 Å². The number of amides is 2. The van der Waals surface area contributed by atoms with Crippen molar-refractivity contribution in [2.24, 2.45) is 5.41 Å². The van der Waals surface area contributed by atoms with Gasteiger partial charge in [0.1, 0.15) is 0 Å². The maximum absolute atomic E-state index is 11.7. The van der Waals surface area contributed by atoms with Crippen molar-refractivity contribution in [2.45, 2.75) is 31.7 Å². The minimum atomic E-state index is -0.312. The Hall–Kier alpha value is -0.940. The quantitative estimate of drug-likeness (QED) is 0.671. The van der Waals surface area contributed by atoms with Crippen molar-refractivity contribution in [3.63, 3.8) is 0 Å². The molecule has 1 aliphatic carbocycles. The van der Waals surface area contributed by atoms with Crippen LogP contribution in [0, 0.1) is 5.41 Å². The number of ether oxygens (including phenoxy) is 1. The van der Waals surface area contributed by atoms with E-state index in [1.807, 2.05) is 0 Å². The molecular formula is C12H20N2O3. The van der Waals surface area contributed by atoms with Crippen molar-refractivity contribution < 1.29 is 14.3 Å². The van der Waals surface area contributed by atoms with Crippen LogP contribution in [0.25, 0.3) is 0 Å². The molecular weight excluding hydrogens is 220 g/mol. The average molecular weight is 240 g/mol. The molecule has 17 heavy (non-hydrogen) atoms. The van der Waals surface area contributed by atoms with Gasteiger partial charge in [-0.15, -0.1) is 0 Å². The van der Waals surface area contributed by atoms with E-state index in [4.69, 9.17) is 4.74 Å². The average Bonchev–Trinajstić information content (AvgIpc) is 3.05. The van der Waals surface area contributed by atoms with E-state index in [1.165, 1.54) is 17.7 Å². The fourth-order valence-electron chi connectivity index (χ4n) is 2.27. The minimum Gasteiger partial charge on any atom is -0.385 e. The number of hydrogen-bond donors (Lipinski definition) is 1. The number of carbonyl (C=O) groups excluding carboxylic acids is 2. The first kappa shape index (κ1) is 12.5. The number of likely N-dealkylation sites (tertiary alicyclic amines) is 1. The second kappa shape index (κ2) is 4.74. The first-order valence-corrected chi connectivity index (χ1v) is 6.11. The largest absolute Gasteiger partial charge is 0.385 e. The number of nitrogens with zero attached hydrogens (tertiary/aromatic N) is 1. The molecule has 0 radical (unpaired) electrons. The first-order chi connectivity index (χ1) is 8.08. The minimum absolute atomic E-state index is 0.0887. The Kier molecular flexibility index (Phi) is 3.49. The predicted molar refractivity (Wildman–Crippen MR) is 62.3 cm³/mol. The van der Waals surface area contributed by atoms with Gasteiger partial charge in [0.25, 0.3) is 0 Å². The molecule has 1 heterocycles. The van der Waals surface area contributed by atoms with Gasteiger partial charge in [0.2, 0.25) is 11.8 Å². The number of imide groups is 1. The van der Waals surface area contributed by atoms with Crippen LogP contribution in [0.4, 0.5) is 0 Å². The maximum Gasteiger partial charge on any atom is 0.246 e. The predicted octanol–water partition coefficient (Wildman–Crippen LogP) is 0.150. The van der Waals surface area contributed by atoms with E-state index in [2.05, 4.69) is 5.32 Å². The van der Waals surface area contributed by atoms with Crippen molar-refractivity contribution >= 4 is 11.8 Å². The molecule has 0 bridgehead atoms. The standard InChI is InChI=1S/C12H20N2O3/c1-14-10(15)7-9(11(14)16)13-8-12(3-4-12)5-6-17-2/h9,13H,3-8H2,1-2H3. The Morgan fingerprint density at radius 3 is 2.65 bits per heavy atom. The van der Waals surface area contributed by atoms with Crippen molar-refractivity contribution in [1.82, 2.24) is 10.2 Å². The number of nitrogens with one attached hydrogen (secondary N) is 1. The summed E-state index contributed by atoms with van der Waals surface area (Å²) in [5.41, 5.74) is 0.306. The Labute approximate surface area is 101 Å². The summed E-state index contributed by atoms with van der Waals surface area (Å²) in [5, 5.41) is 3.24. The van der Waals surface area contributed by atoms with E-state index in [0.29, 0.717) is 11.8 Å². The number of likely N-dealkylation sites (N-methyl/N-ethyl adjacent to an activating group) is 1. The van der Waals surface area contributed by atoms with Gasteiger partial charge in [-0.2, -0.15) is 0 Å². The summed E-state index contributed by atoms with van der Waals surface area (Å²) in [6, 6.07) is -0.312. The molecule has 1 saturated carbocycles. The molecule has 2 fully saturated rings. The summed E-state index contributed by atoms with van der Waals surface area (Å²) < 4.78 is 5.09. The second-order valence-electron chi connectivity index (χ2n) is 5.17. The van der Waals surface area contributed by atoms with Gasteiger partial charge >= 0.3 is 0 Å². The molecule has 1 unspecified atom stereocenters. The fraction of sp³-hybridized carbons (Fsp3) is 0.833. The van der Waals surface area contributed by atoms with Crippen LogP contribution in [0.15, 0.2) is 0 Å². The van der Waals surface area contributed by atoms with E-state index in [-0.39, 0.29) is 17.9 Å². The molecule has 2 amide bonds. The first-order valence-electron chi connectivity index (χ1n) is 6.11. The van der Waals surface area contributed by atoms with Crippen LogP contribution < -0.4 is 5.32 Å². The third kappa shape index (κ3) is 2.66. The zero-order chi connectivity index (χ0) is 12.5. The van der Waals surface area contributed by atoms with Crippen molar-refractivity contribution in [3.05, 3.63) is 0 Å². The Morgan fingerprint density at radius 1 is 1.47 bits per heavy atom. The lowest BCUT2D eigenvalue weighted by Gasteiger charge is -2.18. The van der Waals surface area contributed by atoms with Gasteiger partial charge in [-0.1, -0.05) is 0 Å². The van der Waals surface area contributed by atoms with Crippen molar-refractivity contribution in [1.29, 1.82) is 0 Å². The fourth-order valence-corrected chi connectivity index (χ4v) is 2.27. The van der Waals surface area contributed by atoms with Gasteiger partial charge in [0.05, 0.1) is 12.5 Å². The smallest absolute Gasteiger partial charge is 0.246 e. The molecule has 1 saturated heterocycles. The van der Waals surface area contributed by atoms with E-state index < -0.39 is 0 Å². The Morgan fingerprint density at radius 2 is 2.18 bits per heavy atom. The van der Waals surface area contributed by atoms with Crippen LogP contribution in [0.3, 0.4) is 0 Å². The molecule has 0 spiro atoms. The molecule has 1 N–H and O–H groups in total. The van der Waals surface area contributed by atoms with Crippen molar-refractivity contribution in [2.75, 3.05) is 27.3 Å². The highest BCUT2D eigenvalue weighted by Crippen LogP contribution is 2.48. The third-order valence-corrected chi connectivity index (χ3v) is 3.90. The van der Waals surface area contributed by atoms with E-state index >= 15 is 0 Å². The van der Waals surface area contributed by atoms with Crippen LogP contribution >= 0.6 is 0 Å². The molecule has 1 atom stereocenters. The molecule has 2 aliphatic rings. The summed E-state index contributed by atoms with van der Waals surface area (Å²) >= 11 is 0. The van der Waals surface area contributed by atoms with E-state index in [9.17, 15) is 9.59 Å². The summed E-state index contributed by atoms with van der Waals surface area (Å²) in [6.07, 6.45) is 3.71. The normalized spacial score (nSPS) is 26.7. The highest BCUT2D eigenvalue weighted by molar-refractivity contribution is 6.05. The summed E-state index contributed by atoms with van der Waals surface area (Å²) in [6.45, 7) is 1.58. The molecule has 96 valence electrons. The number of rotatable bonds is 6. The SMILES string of the molecule is COCCC1(CNC2CC(=O)N(C)C2=O)CC1. The lowest BCUT2D eigenvalue weighted by molar-refractivity contribution is -0.137. The van der Waals surface area contributed by atoms with Crippen LogP contribution in [-0.4, -0.2) is 50.1 Å². The van der Waals surface area contributed by atoms with Gasteiger partial charge in [0.15, 0.2) is 0 Å². The van der Waals surface area contributed by atoms with Crippen LogP contribution in [0.1, 0.15) is 25.7 Å². The Bertz CT molecular complexity index is 326. The van der Waals surface area contributed by atoms with Gasteiger partial charge in [-0.05, 0) is 24.7 Å². The van der Waals surface area contributed by atoms with E-state index in [1.54, 1.807) is 14.2 Å². The highest BCUT2D eigenvalue weighted by atomic mass is 16.5. The summed E-state index contributed by atoms with van der Waals surface area (Å²) in [4.78, 5) is 24.3. The molecule has 0 aromatic rings. The second-order valence-corrected chi connectivity index (χ2v) is 5.17. The lowest BCUT2D eigenvalue weighted by Crippen LogP contribution is -2.40. The monoisotopic (exact) mass is 240 g/mol. The number of methoxy groups -OCH3 is 1. The number of hydrogen-bond acceptors (Lipinski definition) is 4.